The number of benzene rings is 1. The summed E-state index contributed by atoms with van der Waals surface area (Å²) in [5.41, 5.74) is 2.47. The Hall–Kier alpha value is -2.01. The van der Waals surface area contributed by atoms with Crippen LogP contribution in [0.25, 0.3) is 6.08 Å². The smallest absolute Gasteiger partial charge is 0.225 e. The predicted octanol–water partition coefficient (Wildman–Crippen LogP) is 3.83. The van der Waals surface area contributed by atoms with E-state index in [1.54, 1.807) is 7.11 Å². The van der Waals surface area contributed by atoms with E-state index in [2.05, 4.69) is 21.9 Å². The van der Waals surface area contributed by atoms with Gasteiger partial charge in [-0.1, -0.05) is 0 Å². The van der Waals surface area contributed by atoms with E-state index in [9.17, 15) is 4.79 Å². The number of methoxy groups -OCH3 is 1. The summed E-state index contributed by atoms with van der Waals surface area (Å²) in [4.78, 5) is 17.0. The SMILES string of the molecule is COc1ccc2c(c1)C=C(CN1CCC(C3CCN(C(=O)C4CC4)CC3)CC1)CO2. The lowest BCUT2D eigenvalue weighted by molar-refractivity contribution is -0.134. The molecule has 1 aliphatic carbocycles. The fraction of sp³-hybridized carbons (Fsp3) is 0.640. The van der Waals surface area contributed by atoms with Gasteiger partial charge in [-0.05, 0) is 93.3 Å². The summed E-state index contributed by atoms with van der Waals surface area (Å²) in [5, 5.41) is 0. The normalized spacial score (nSPS) is 23.5. The molecular formula is C25H34N2O3. The van der Waals surface area contributed by atoms with Gasteiger partial charge in [0.05, 0.1) is 7.11 Å². The third-order valence-corrected chi connectivity index (χ3v) is 7.49. The van der Waals surface area contributed by atoms with Gasteiger partial charge in [0.15, 0.2) is 0 Å². The lowest BCUT2D eigenvalue weighted by Gasteiger charge is -2.40. The summed E-state index contributed by atoms with van der Waals surface area (Å²) >= 11 is 0. The minimum Gasteiger partial charge on any atom is -0.497 e. The Kier molecular flexibility index (Phi) is 5.72. The molecule has 0 unspecified atom stereocenters. The van der Waals surface area contributed by atoms with E-state index in [-0.39, 0.29) is 0 Å². The quantitative estimate of drug-likeness (QED) is 0.740. The molecule has 4 aliphatic rings. The molecule has 3 aliphatic heterocycles. The molecule has 5 nitrogen and oxygen atoms in total. The van der Waals surface area contributed by atoms with Gasteiger partial charge in [0, 0.05) is 31.1 Å². The van der Waals surface area contributed by atoms with Crippen LogP contribution in [0.4, 0.5) is 0 Å². The lowest BCUT2D eigenvalue weighted by atomic mass is 9.78. The van der Waals surface area contributed by atoms with Crippen LogP contribution in [0.2, 0.25) is 0 Å². The van der Waals surface area contributed by atoms with Crippen molar-refractivity contribution in [2.75, 3.05) is 46.4 Å². The average molecular weight is 411 g/mol. The molecule has 5 heteroatoms. The second kappa shape index (κ2) is 8.62. The molecule has 30 heavy (non-hydrogen) atoms. The van der Waals surface area contributed by atoms with Crippen LogP contribution in [0.15, 0.2) is 23.8 Å². The number of ether oxygens (including phenoxy) is 2. The van der Waals surface area contributed by atoms with E-state index in [4.69, 9.17) is 9.47 Å². The van der Waals surface area contributed by atoms with Crippen molar-refractivity contribution in [2.24, 2.45) is 17.8 Å². The number of amides is 1. The van der Waals surface area contributed by atoms with Crippen LogP contribution in [0, 0.1) is 17.8 Å². The van der Waals surface area contributed by atoms with Crippen molar-refractivity contribution in [3.63, 3.8) is 0 Å². The zero-order valence-electron chi connectivity index (χ0n) is 18.1. The molecule has 0 bridgehead atoms. The zero-order valence-corrected chi connectivity index (χ0v) is 18.1. The van der Waals surface area contributed by atoms with Gasteiger partial charge < -0.3 is 14.4 Å². The Bertz CT molecular complexity index is 801. The first-order chi connectivity index (χ1) is 14.7. The van der Waals surface area contributed by atoms with Crippen molar-refractivity contribution < 1.29 is 14.3 Å². The van der Waals surface area contributed by atoms with Gasteiger partial charge >= 0.3 is 0 Å². The maximum atomic E-state index is 12.3. The van der Waals surface area contributed by atoms with E-state index in [0.717, 1.165) is 61.4 Å². The lowest BCUT2D eigenvalue weighted by Crippen LogP contribution is -2.43. The van der Waals surface area contributed by atoms with Gasteiger partial charge in [-0.2, -0.15) is 0 Å². The highest BCUT2D eigenvalue weighted by Gasteiger charge is 2.36. The van der Waals surface area contributed by atoms with Crippen molar-refractivity contribution >= 4 is 12.0 Å². The number of likely N-dealkylation sites (tertiary alicyclic amines) is 2. The third-order valence-electron chi connectivity index (χ3n) is 7.49. The standard InChI is InChI=1S/C25H34N2O3/c1-29-23-4-5-24-22(15-23)14-18(17-30-24)16-26-10-6-19(7-11-26)20-8-12-27(13-9-20)25(28)21-2-3-21/h4-5,14-15,19-21H,2-3,6-13,16-17H2,1H3. The van der Waals surface area contributed by atoms with Crippen molar-refractivity contribution in [1.82, 2.24) is 9.80 Å². The van der Waals surface area contributed by atoms with Crippen molar-refractivity contribution in [1.29, 1.82) is 0 Å². The van der Waals surface area contributed by atoms with Crippen LogP contribution in [0.1, 0.15) is 44.1 Å². The highest BCUT2D eigenvalue weighted by Crippen LogP contribution is 2.36. The number of fused-ring (bicyclic) bond motifs is 1. The molecule has 0 aromatic heterocycles. The summed E-state index contributed by atoms with van der Waals surface area (Å²) in [6, 6.07) is 6.01. The molecule has 1 aromatic carbocycles. The van der Waals surface area contributed by atoms with Gasteiger partial charge in [0.1, 0.15) is 18.1 Å². The molecule has 1 saturated carbocycles. The van der Waals surface area contributed by atoms with Crippen molar-refractivity contribution in [3.05, 3.63) is 29.3 Å². The molecule has 3 heterocycles. The van der Waals surface area contributed by atoms with E-state index in [1.165, 1.54) is 44.3 Å². The fourth-order valence-electron chi connectivity index (χ4n) is 5.47. The van der Waals surface area contributed by atoms with Gasteiger partial charge in [-0.25, -0.2) is 0 Å². The minimum absolute atomic E-state index is 0.371. The zero-order chi connectivity index (χ0) is 20.5. The summed E-state index contributed by atoms with van der Waals surface area (Å²) in [7, 11) is 1.70. The molecular weight excluding hydrogens is 376 g/mol. The summed E-state index contributed by atoms with van der Waals surface area (Å²) < 4.78 is 11.3. The largest absolute Gasteiger partial charge is 0.497 e. The van der Waals surface area contributed by atoms with Gasteiger partial charge in [-0.3, -0.25) is 9.69 Å². The first kappa shape index (κ1) is 19.9. The molecule has 0 N–H and O–H groups in total. The van der Waals surface area contributed by atoms with E-state index < -0.39 is 0 Å². The van der Waals surface area contributed by atoms with Crippen LogP contribution < -0.4 is 9.47 Å². The van der Waals surface area contributed by atoms with Crippen LogP contribution in [0.3, 0.4) is 0 Å². The monoisotopic (exact) mass is 410 g/mol. The summed E-state index contributed by atoms with van der Waals surface area (Å²) in [6.07, 6.45) is 9.52. The topological polar surface area (TPSA) is 42.0 Å². The maximum absolute atomic E-state index is 12.3. The molecule has 2 saturated heterocycles. The number of nitrogens with zero attached hydrogens (tertiary/aromatic N) is 2. The molecule has 3 fully saturated rings. The Morgan fingerprint density at radius 2 is 1.73 bits per heavy atom. The highest BCUT2D eigenvalue weighted by molar-refractivity contribution is 5.81. The van der Waals surface area contributed by atoms with Crippen LogP contribution in [-0.4, -0.2) is 62.1 Å². The molecule has 162 valence electrons. The maximum Gasteiger partial charge on any atom is 0.225 e. The molecule has 0 atom stereocenters. The Morgan fingerprint density at radius 3 is 2.40 bits per heavy atom. The average Bonchev–Trinajstić information content (AvgIpc) is 3.64. The molecule has 1 amide bonds. The highest BCUT2D eigenvalue weighted by atomic mass is 16.5. The van der Waals surface area contributed by atoms with Crippen LogP contribution in [-0.2, 0) is 4.79 Å². The molecule has 5 rings (SSSR count). The van der Waals surface area contributed by atoms with Crippen LogP contribution >= 0.6 is 0 Å². The second-order valence-electron chi connectivity index (χ2n) is 9.55. The van der Waals surface area contributed by atoms with E-state index in [1.807, 2.05) is 12.1 Å². The van der Waals surface area contributed by atoms with Crippen molar-refractivity contribution in [2.45, 2.75) is 38.5 Å². The molecule has 1 aromatic rings. The number of hydrogen-bond donors (Lipinski definition) is 0. The van der Waals surface area contributed by atoms with E-state index in [0.29, 0.717) is 18.4 Å². The van der Waals surface area contributed by atoms with E-state index >= 15 is 0 Å². The molecule has 0 spiro atoms. The van der Waals surface area contributed by atoms with Gasteiger partial charge in [-0.15, -0.1) is 0 Å². The number of piperidine rings is 2. The first-order valence-electron chi connectivity index (χ1n) is 11.7. The van der Waals surface area contributed by atoms with Crippen molar-refractivity contribution in [3.8, 4) is 11.5 Å². The first-order valence-corrected chi connectivity index (χ1v) is 11.7. The fourth-order valence-corrected chi connectivity index (χ4v) is 5.47. The van der Waals surface area contributed by atoms with Gasteiger partial charge in [0.25, 0.3) is 0 Å². The second-order valence-corrected chi connectivity index (χ2v) is 9.55. The third kappa shape index (κ3) is 4.36. The summed E-state index contributed by atoms with van der Waals surface area (Å²) in [5.74, 6) is 4.28. The number of rotatable bonds is 5. The van der Waals surface area contributed by atoms with Crippen LogP contribution in [0.5, 0.6) is 11.5 Å². The molecule has 0 radical (unpaired) electrons. The Morgan fingerprint density at radius 1 is 1.03 bits per heavy atom. The number of carbonyl (C=O) groups excluding carboxylic acids is 1. The van der Waals surface area contributed by atoms with Gasteiger partial charge in [0.2, 0.25) is 5.91 Å². The Labute approximate surface area is 180 Å². The number of carbonyl (C=O) groups is 1. The Balaban J connectivity index is 1.10. The predicted molar refractivity (Wildman–Crippen MR) is 118 cm³/mol. The minimum atomic E-state index is 0.371. The summed E-state index contributed by atoms with van der Waals surface area (Å²) in [6.45, 7) is 6.02. The number of hydrogen-bond acceptors (Lipinski definition) is 4.